The molecule has 1 saturated heterocycles. The van der Waals surface area contributed by atoms with Crippen LogP contribution in [-0.2, 0) is 6.42 Å². The van der Waals surface area contributed by atoms with Crippen molar-refractivity contribution in [3.8, 4) is 5.69 Å². The Kier molecular flexibility index (Phi) is 5.67. The molecule has 5 rings (SSSR count). The lowest BCUT2D eigenvalue weighted by Crippen LogP contribution is -2.19. The number of fused-ring (bicyclic) bond motifs is 1. The Morgan fingerprint density at radius 3 is 2.44 bits per heavy atom. The third kappa shape index (κ3) is 4.19. The fourth-order valence-corrected chi connectivity index (χ4v) is 4.21. The number of benzene rings is 3. The van der Waals surface area contributed by atoms with Gasteiger partial charge in [-0.25, -0.2) is 0 Å². The van der Waals surface area contributed by atoms with Crippen LogP contribution in [0, 0.1) is 10.1 Å². The first kappa shape index (κ1) is 21.6. The lowest BCUT2D eigenvalue weighted by molar-refractivity contribution is -0.384. The number of rotatable bonds is 6. The molecular weight excluding hydrogens is 432 g/mol. The van der Waals surface area contributed by atoms with Gasteiger partial charge in [0.15, 0.2) is 0 Å². The van der Waals surface area contributed by atoms with Gasteiger partial charge in [0.05, 0.1) is 10.6 Å². The van der Waals surface area contributed by atoms with Crippen LogP contribution in [0.15, 0.2) is 60.7 Å². The lowest BCUT2D eigenvalue weighted by Gasteiger charge is -2.17. The Balaban J connectivity index is 1.37. The summed E-state index contributed by atoms with van der Waals surface area (Å²) < 4.78 is 0. The van der Waals surface area contributed by atoms with Crippen LogP contribution in [0.5, 0.6) is 0 Å². The molecule has 1 N–H and O–H groups in total. The monoisotopic (exact) mass is 456 g/mol. The molecular formula is C25H24N6O3. The number of nitro groups is 1. The summed E-state index contributed by atoms with van der Waals surface area (Å²) in [6, 6.07) is 17.9. The number of nitro benzene ring substituents is 1. The predicted octanol–water partition coefficient (Wildman–Crippen LogP) is 4.74. The first-order chi connectivity index (χ1) is 16.5. The largest absolute Gasteiger partial charge is 0.366 e. The van der Waals surface area contributed by atoms with Crippen molar-refractivity contribution < 1.29 is 9.72 Å². The summed E-state index contributed by atoms with van der Waals surface area (Å²) in [6.45, 7) is 3.68. The van der Waals surface area contributed by atoms with Crippen molar-refractivity contribution >= 4 is 34.0 Å². The Hall–Kier alpha value is -4.27. The summed E-state index contributed by atoms with van der Waals surface area (Å²) in [5.41, 5.74) is 4.69. The van der Waals surface area contributed by atoms with Crippen LogP contribution in [0.2, 0.25) is 0 Å². The predicted molar refractivity (Wildman–Crippen MR) is 131 cm³/mol. The Bertz CT molecular complexity index is 1370. The van der Waals surface area contributed by atoms with Crippen molar-refractivity contribution in [1.82, 2.24) is 15.0 Å². The van der Waals surface area contributed by atoms with Crippen LogP contribution >= 0.6 is 0 Å². The molecule has 1 amide bonds. The highest BCUT2D eigenvalue weighted by Gasteiger charge is 2.24. The number of anilines is 2. The minimum atomic E-state index is -0.429. The molecule has 0 bridgehead atoms. The summed E-state index contributed by atoms with van der Waals surface area (Å²) in [5.74, 6) is -0.419. The van der Waals surface area contributed by atoms with Crippen molar-refractivity contribution in [2.24, 2.45) is 0 Å². The van der Waals surface area contributed by atoms with Crippen molar-refractivity contribution in [3.63, 3.8) is 0 Å². The minimum Gasteiger partial charge on any atom is -0.366 e. The fourth-order valence-electron chi connectivity index (χ4n) is 4.21. The van der Waals surface area contributed by atoms with Gasteiger partial charge in [-0.1, -0.05) is 19.1 Å². The van der Waals surface area contributed by atoms with Gasteiger partial charge in [-0.05, 0) is 67.3 Å². The van der Waals surface area contributed by atoms with Crippen LogP contribution in [0.1, 0.15) is 35.7 Å². The zero-order valence-corrected chi connectivity index (χ0v) is 18.8. The molecule has 1 aliphatic rings. The normalized spacial score (nSPS) is 13.4. The lowest BCUT2D eigenvalue weighted by atomic mass is 10.1. The van der Waals surface area contributed by atoms with Gasteiger partial charge >= 0.3 is 0 Å². The Morgan fingerprint density at radius 2 is 1.74 bits per heavy atom. The molecule has 0 saturated carbocycles. The molecule has 0 unspecified atom stereocenters. The van der Waals surface area contributed by atoms with E-state index in [2.05, 4.69) is 22.4 Å². The second-order valence-electron chi connectivity index (χ2n) is 8.32. The van der Waals surface area contributed by atoms with E-state index in [4.69, 9.17) is 0 Å². The molecule has 1 aliphatic heterocycles. The van der Waals surface area contributed by atoms with E-state index in [-0.39, 0.29) is 11.3 Å². The summed E-state index contributed by atoms with van der Waals surface area (Å²) in [4.78, 5) is 27.6. The van der Waals surface area contributed by atoms with E-state index < -0.39 is 10.8 Å². The number of carbonyl (C=O) groups excluding carboxylic acids is 1. The molecule has 9 nitrogen and oxygen atoms in total. The second kappa shape index (κ2) is 8.93. The highest BCUT2D eigenvalue weighted by atomic mass is 16.6. The van der Waals surface area contributed by atoms with Gasteiger partial charge in [-0.3, -0.25) is 14.9 Å². The van der Waals surface area contributed by atoms with E-state index in [1.165, 1.54) is 11.6 Å². The van der Waals surface area contributed by atoms with E-state index in [0.717, 1.165) is 38.0 Å². The standard InChI is InChI=1S/C25H24N6O3/c1-2-17-5-9-20(10-6-17)30-27-21-11-8-19(16-22(21)28-30)26-25(32)18-7-12-23(24(15-18)31(33)34)29-13-3-4-14-29/h5-12,15-16H,2-4,13-14H2,1H3,(H,26,32). The van der Waals surface area contributed by atoms with Crippen LogP contribution in [0.3, 0.4) is 0 Å². The van der Waals surface area contributed by atoms with Gasteiger partial charge in [0.1, 0.15) is 16.7 Å². The second-order valence-corrected chi connectivity index (χ2v) is 8.32. The van der Waals surface area contributed by atoms with Crippen molar-refractivity contribution in [1.29, 1.82) is 0 Å². The summed E-state index contributed by atoms with van der Waals surface area (Å²) in [7, 11) is 0. The summed E-state index contributed by atoms with van der Waals surface area (Å²) >= 11 is 0. The topological polar surface area (TPSA) is 106 Å². The van der Waals surface area contributed by atoms with Crippen molar-refractivity contribution in [2.75, 3.05) is 23.3 Å². The number of hydrogen-bond acceptors (Lipinski definition) is 6. The molecule has 3 aromatic carbocycles. The number of amides is 1. The molecule has 2 heterocycles. The molecule has 1 aromatic heterocycles. The van der Waals surface area contributed by atoms with Gasteiger partial charge in [-0.15, -0.1) is 10.2 Å². The maximum absolute atomic E-state index is 12.9. The smallest absolute Gasteiger partial charge is 0.293 e. The molecule has 4 aromatic rings. The third-order valence-corrected chi connectivity index (χ3v) is 6.09. The van der Waals surface area contributed by atoms with Crippen LogP contribution in [0.25, 0.3) is 16.7 Å². The quantitative estimate of drug-likeness (QED) is 0.332. The molecule has 0 aliphatic carbocycles. The number of nitrogens with one attached hydrogen (secondary N) is 1. The Morgan fingerprint density at radius 1 is 1.00 bits per heavy atom. The molecule has 0 radical (unpaired) electrons. The molecule has 0 atom stereocenters. The molecule has 172 valence electrons. The van der Waals surface area contributed by atoms with E-state index in [0.29, 0.717) is 22.4 Å². The van der Waals surface area contributed by atoms with E-state index >= 15 is 0 Å². The highest BCUT2D eigenvalue weighted by molar-refractivity contribution is 6.05. The van der Waals surface area contributed by atoms with E-state index in [9.17, 15) is 14.9 Å². The van der Waals surface area contributed by atoms with Gasteiger partial charge in [0.25, 0.3) is 11.6 Å². The molecule has 0 spiro atoms. The summed E-state index contributed by atoms with van der Waals surface area (Å²) in [6.07, 6.45) is 2.98. The number of hydrogen-bond donors (Lipinski definition) is 1. The van der Waals surface area contributed by atoms with Gasteiger partial charge in [0.2, 0.25) is 0 Å². The minimum absolute atomic E-state index is 0.0537. The molecule has 1 fully saturated rings. The van der Waals surface area contributed by atoms with Gasteiger partial charge < -0.3 is 10.2 Å². The van der Waals surface area contributed by atoms with Crippen molar-refractivity contribution in [2.45, 2.75) is 26.2 Å². The number of aryl methyl sites for hydroxylation is 1. The summed E-state index contributed by atoms with van der Waals surface area (Å²) in [5, 5.41) is 23.5. The number of nitrogens with zero attached hydrogens (tertiary/aromatic N) is 5. The van der Waals surface area contributed by atoms with E-state index in [1.54, 1.807) is 35.1 Å². The van der Waals surface area contributed by atoms with Crippen LogP contribution in [0.4, 0.5) is 17.1 Å². The average molecular weight is 457 g/mol. The van der Waals surface area contributed by atoms with Gasteiger partial charge in [0, 0.05) is 30.4 Å². The highest BCUT2D eigenvalue weighted by Crippen LogP contribution is 2.32. The third-order valence-electron chi connectivity index (χ3n) is 6.09. The first-order valence-electron chi connectivity index (χ1n) is 11.3. The van der Waals surface area contributed by atoms with Gasteiger partial charge in [-0.2, -0.15) is 4.80 Å². The Labute approximate surface area is 196 Å². The average Bonchev–Trinajstić information content (AvgIpc) is 3.54. The number of carbonyl (C=O) groups is 1. The zero-order valence-electron chi connectivity index (χ0n) is 18.8. The van der Waals surface area contributed by atoms with Crippen LogP contribution < -0.4 is 10.2 Å². The zero-order chi connectivity index (χ0) is 23.7. The number of aromatic nitrogens is 3. The van der Waals surface area contributed by atoms with Crippen LogP contribution in [-0.4, -0.2) is 38.9 Å². The van der Waals surface area contributed by atoms with Crippen molar-refractivity contribution in [3.05, 3.63) is 81.9 Å². The molecule has 9 heteroatoms. The van der Waals surface area contributed by atoms with E-state index in [1.807, 2.05) is 29.2 Å². The SMILES string of the molecule is CCc1ccc(-n2nc3ccc(NC(=O)c4ccc(N5CCCC5)c([N+](=O)[O-])c4)cc3n2)cc1. The maximum Gasteiger partial charge on any atom is 0.293 e. The maximum atomic E-state index is 12.9. The first-order valence-corrected chi connectivity index (χ1v) is 11.3. The fraction of sp³-hybridized carbons (Fsp3) is 0.240. The molecule has 34 heavy (non-hydrogen) atoms.